The van der Waals surface area contributed by atoms with Crippen LogP contribution >= 0.6 is 0 Å². The molecule has 3 rings (SSSR count). The number of carbonyl (C=O) groups is 1. The lowest BCUT2D eigenvalue weighted by Gasteiger charge is -2.10. The largest absolute Gasteiger partial charge is 0.349 e. The van der Waals surface area contributed by atoms with Crippen molar-refractivity contribution in [1.82, 2.24) is 25.1 Å². The standard InChI is InChI=1S/C16H17N5O2/c1-10-9-11(2)21(16(23)18-10)8-7-17-15(22)14-12-5-3-4-6-13(12)19-20-14/h3-6,9H,7-8H2,1-2H3,(H,17,22)(H,19,20). The van der Waals surface area contributed by atoms with Gasteiger partial charge in [-0.25, -0.2) is 4.79 Å². The molecule has 2 heterocycles. The van der Waals surface area contributed by atoms with Gasteiger partial charge in [-0.3, -0.25) is 14.5 Å². The SMILES string of the molecule is Cc1cc(C)n(CCNC(=O)c2n[nH]c3ccccc23)c(=O)n1. The van der Waals surface area contributed by atoms with Crippen molar-refractivity contribution in [2.24, 2.45) is 0 Å². The smallest absolute Gasteiger partial charge is 0.348 e. The molecule has 3 aromatic rings. The molecule has 0 atom stereocenters. The van der Waals surface area contributed by atoms with E-state index in [1.54, 1.807) is 6.92 Å². The molecule has 7 heteroatoms. The Labute approximate surface area is 132 Å². The highest BCUT2D eigenvalue weighted by Crippen LogP contribution is 2.14. The first-order chi connectivity index (χ1) is 11.1. The van der Waals surface area contributed by atoms with Gasteiger partial charge in [-0.05, 0) is 26.0 Å². The van der Waals surface area contributed by atoms with Gasteiger partial charge in [-0.15, -0.1) is 0 Å². The lowest BCUT2D eigenvalue weighted by Crippen LogP contribution is -2.33. The number of carbonyl (C=O) groups excluding carboxylic acids is 1. The number of aromatic amines is 1. The van der Waals surface area contributed by atoms with Crippen molar-refractivity contribution in [3.05, 3.63) is 57.9 Å². The first-order valence-corrected chi connectivity index (χ1v) is 7.32. The summed E-state index contributed by atoms with van der Waals surface area (Å²) in [6.45, 7) is 4.32. The minimum absolute atomic E-state index is 0.270. The van der Waals surface area contributed by atoms with E-state index in [-0.39, 0.29) is 11.6 Å². The second kappa shape index (κ2) is 6.04. The molecule has 23 heavy (non-hydrogen) atoms. The molecule has 0 aliphatic heterocycles. The maximum Gasteiger partial charge on any atom is 0.348 e. The average Bonchev–Trinajstić information content (AvgIpc) is 2.93. The molecule has 0 saturated heterocycles. The molecule has 0 unspecified atom stereocenters. The molecule has 0 bridgehead atoms. The van der Waals surface area contributed by atoms with Crippen molar-refractivity contribution in [2.45, 2.75) is 20.4 Å². The van der Waals surface area contributed by atoms with Crippen LogP contribution in [-0.4, -0.2) is 32.2 Å². The van der Waals surface area contributed by atoms with Crippen molar-refractivity contribution in [1.29, 1.82) is 0 Å². The Hall–Kier alpha value is -2.96. The summed E-state index contributed by atoms with van der Waals surface area (Å²) in [7, 11) is 0. The Morgan fingerprint density at radius 3 is 2.87 bits per heavy atom. The van der Waals surface area contributed by atoms with Crippen LogP contribution < -0.4 is 11.0 Å². The summed E-state index contributed by atoms with van der Waals surface area (Å²) in [5, 5.41) is 10.4. The molecule has 0 spiro atoms. The van der Waals surface area contributed by atoms with Crippen LogP contribution in [0.2, 0.25) is 0 Å². The van der Waals surface area contributed by atoms with Gasteiger partial charge >= 0.3 is 5.69 Å². The minimum Gasteiger partial charge on any atom is -0.349 e. The second-order valence-corrected chi connectivity index (χ2v) is 5.35. The van der Waals surface area contributed by atoms with Gasteiger partial charge < -0.3 is 5.32 Å². The van der Waals surface area contributed by atoms with E-state index in [0.29, 0.717) is 24.5 Å². The number of H-pyrrole nitrogens is 1. The van der Waals surface area contributed by atoms with E-state index in [1.165, 1.54) is 4.57 Å². The van der Waals surface area contributed by atoms with Gasteiger partial charge in [-0.1, -0.05) is 18.2 Å². The van der Waals surface area contributed by atoms with Crippen molar-refractivity contribution in [3.63, 3.8) is 0 Å². The Balaban J connectivity index is 1.70. The zero-order chi connectivity index (χ0) is 16.4. The van der Waals surface area contributed by atoms with E-state index < -0.39 is 0 Å². The summed E-state index contributed by atoms with van der Waals surface area (Å²) in [5.74, 6) is -0.270. The molecular weight excluding hydrogens is 294 g/mol. The monoisotopic (exact) mass is 311 g/mol. The molecule has 0 aliphatic carbocycles. The van der Waals surface area contributed by atoms with Gasteiger partial charge in [-0.2, -0.15) is 10.1 Å². The highest BCUT2D eigenvalue weighted by Gasteiger charge is 2.13. The van der Waals surface area contributed by atoms with Crippen LogP contribution in [0.1, 0.15) is 21.9 Å². The molecular formula is C16H17N5O2. The predicted molar refractivity (Wildman–Crippen MR) is 86.4 cm³/mol. The van der Waals surface area contributed by atoms with E-state index in [9.17, 15) is 9.59 Å². The highest BCUT2D eigenvalue weighted by molar-refractivity contribution is 6.04. The lowest BCUT2D eigenvalue weighted by molar-refractivity contribution is 0.0948. The van der Waals surface area contributed by atoms with Gasteiger partial charge in [0.25, 0.3) is 5.91 Å². The van der Waals surface area contributed by atoms with Crippen LogP contribution in [0, 0.1) is 13.8 Å². The fraction of sp³-hybridized carbons (Fsp3) is 0.250. The first-order valence-electron chi connectivity index (χ1n) is 7.32. The van der Waals surface area contributed by atoms with Crippen LogP contribution in [-0.2, 0) is 6.54 Å². The predicted octanol–water partition coefficient (Wildman–Crippen LogP) is 1.17. The zero-order valence-electron chi connectivity index (χ0n) is 13.0. The van der Waals surface area contributed by atoms with Crippen molar-refractivity contribution in [3.8, 4) is 0 Å². The maximum atomic E-state index is 12.2. The number of para-hydroxylation sites is 1. The molecule has 2 N–H and O–H groups in total. The fourth-order valence-electron chi connectivity index (χ4n) is 2.55. The summed E-state index contributed by atoms with van der Waals surface area (Å²) in [6.07, 6.45) is 0. The summed E-state index contributed by atoms with van der Waals surface area (Å²) >= 11 is 0. The average molecular weight is 311 g/mol. The van der Waals surface area contributed by atoms with Crippen LogP contribution in [0.5, 0.6) is 0 Å². The summed E-state index contributed by atoms with van der Waals surface area (Å²) in [4.78, 5) is 28.0. The topological polar surface area (TPSA) is 92.7 Å². The molecule has 0 radical (unpaired) electrons. The van der Waals surface area contributed by atoms with Crippen molar-refractivity contribution < 1.29 is 4.79 Å². The van der Waals surface area contributed by atoms with Gasteiger partial charge in [0.05, 0.1) is 5.52 Å². The molecule has 1 amide bonds. The van der Waals surface area contributed by atoms with E-state index >= 15 is 0 Å². The third-order valence-electron chi connectivity index (χ3n) is 3.65. The van der Waals surface area contributed by atoms with E-state index in [4.69, 9.17) is 0 Å². The van der Waals surface area contributed by atoms with Gasteiger partial charge in [0.1, 0.15) is 0 Å². The van der Waals surface area contributed by atoms with Crippen molar-refractivity contribution in [2.75, 3.05) is 6.54 Å². The summed E-state index contributed by atoms with van der Waals surface area (Å²) in [6, 6.07) is 9.27. The Morgan fingerprint density at radius 2 is 2.09 bits per heavy atom. The number of hydrogen-bond donors (Lipinski definition) is 2. The quantitative estimate of drug-likeness (QED) is 0.756. The number of aromatic nitrogens is 4. The number of nitrogens with one attached hydrogen (secondary N) is 2. The highest BCUT2D eigenvalue weighted by atomic mass is 16.2. The Kier molecular flexibility index (Phi) is 3.92. The van der Waals surface area contributed by atoms with Crippen LogP contribution in [0.25, 0.3) is 10.9 Å². The number of fused-ring (bicyclic) bond motifs is 1. The van der Waals surface area contributed by atoms with Crippen LogP contribution in [0.4, 0.5) is 0 Å². The van der Waals surface area contributed by atoms with Crippen LogP contribution in [0.15, 0.2) is 35.1 Å². The normalized spacial score (nSPS) is 10.9. The minimum atomic E-state index is -0.304. The first kappa shape index (κ1) is 15.0. The third kappa shape index (κ3) is 2.98. The van der Waals surface area contributed by atoms with Crippen molar-refractivity contribution >= 4 is 16.8 Å². The summed E-state index contributed by atoms with van der Waals surface area (Å²) < 4.78 is 1.54. The second-order valence-electron chi connectivity index (χ2n) is 5.35. The Morgan fingerprint density at radius 1 is 1.30 bits per heavy atom. The van der Waals surface area contributed by atoms with Gasteiger partial charge in [0.15, 0.2) is 5.69 Å². The van der Waals surface area contributed by atoms with Crippen LogP contribution in [0.3, 0.4) is 0 Å². The number of amides is 1. The third-order valence-corrected chi connectivity index (χ3v) is 3.65. The summed E-state index contributed by atoms with van der Waals surface area (Å²) in [5.41, 5.74) is 2.37. The molecule has 7 nitrogen and oxygen atoms in total. The molecule has 0 aliphatic rings. The maximum absolute atomic E-state index is 12.2. The fourth-order valence-corrected chi connectivity index (χ4v) is 2.55. The number of nitrogens with zero attached hydrogens (tertiary/aromatic N) is 3. The molecule has 0 saturated carbocycles. The number of benzene rings is 1. The number of hydrogen-bond acceptors (Lipinski definition) is 4. The zero-order valence-corrected chi connectivity index (χ0v) is 13.0. The van der Waals surface area contributed by atoms with E-state index in [1.807, 2.05) is 37.3 Å². The molecule has 0 fully saturated rings. The number of aryl methyl sites for hydroxylation is 2. The van der Waals surface area contributed by atoms with Gasteiger partial charge in [0, 0.05) is 29.9 Å². The molecule has 1 aromatic carbocycles. The molecule has 2 aromatic heterocycles. The van der Waals surface area contributed by atoms with E-state index in [0.717, 1.165) is 16.6 Å². The molecule has 118 valence electrons. The Bertz CT molecular complexity index is 926. The lowest BCUT2D eigenvalue weighted by atomic mass is 10.2. The van der Waals surface area contributed by atoms with E-state index in [2.05, 4.69) is 20.5 Å². The number of rotatable bonds is 4. The van der Waals surface area contributed by atoms with Gasteiger partial charge in [0.2, 0.25) is 0 Å².